The topological polar surface area (TPSA) is 66.6 Å². The summed E-state index contributed by atoms with van der Waals surface area (Å²) in [4.78, 5) is 15.0. The molecule has 1 aliphatic rings. The van der Waals surface area contributed by atoms with Gasteiger partial charge in [-0.1, -0.05) is 44.2 Å². The van der Waals surface area contributed by atoms with E-state index >= 15 is 0 Å². The van der Waals surface area contributed by atoms with E-state index in [4.69, 9.17) is 5.73 Å². The number of hydrogen-bond donors (Lipinski definition) is 2. The first-order chi connectivity index (χ1) is 11.1. The van der Waals surface area contributed by atoms with Crippen LogP contribution in [0.4, 0.5) is 0 Å². The molecular formula is C19H30N2O2. The number of hydrogen-bond acceptors (Lipinski definition) is 3. The van der Waals surface area contributed by atoms with Gasteiger partial charge in [-0.2, -0.15) is 0 Å². The molecule has 2 atom stereocenters. The Bertz CT molecular complexity index is 491. The number of nitrogens with two attached hydrogens (primary N) is 1. The molecule has 0 bridgehead atoms. The molecule has 1 aromatic rings. The monoisotopic (exact) mass is 318 g/mol. The highest BCUT2D eigenvalue weighted by atomic mass is 16.3. The minimum absolute atomic E-state index is 0.113. The molecular weight excluding hydrogens is 288 g/mol. The third kappa shape index (κ3) is 3.75. The molecule has 128 valence electrons. The average Bonchev–Trinajstić information content (AvgIpc) is 3.05. The van der Waals surface area contributed by atoms with Gasteiger partial charge in [-0.05, 0) is 37.7 Å². The van der Waals surface area contributed by atoms with Crippen LogP contribution in [0.25, 0.3) is 0 Å². The molecule has 4 nitrogen and oxygen atoms in total. The number of carbonyl (C=O) groups excluding carboxylic acids is 1. The smallest absolute Gasteiger partial charge is 0.230 e. The lowest BCUT2D eigenvalue weighted by atomic mass is 9.80. The molecule has 2 rings (SSSR count). The van der Waals surface area contributed by atoms with Gasteiger partial charge in [0.15, 0.2) is 0 Å². The number of aliphatic hydroxyl groups is 1. The maximum atomic E-state index is 13.1. The Kier molecular flexibility index (Phi) is 6.19. The van der Waals surface area contributed by atoms with Gasteiger partial charge in [-0.15, -0.1) is 0 Å². The number of likely N-dealkylation sites (tertiary alicyclic amines) is 1. The summed E-state index contributed by atoms with van der Waals surface area (Å²) in [5.74, 6) is 0.174. The van der Waals surface area contributed by atoms with Gasteiger partial charge in [-0.25, -0.2) is 0 Å². The molecule has 2 unspecified atom stereocenters. The van der Waals surface area contributed by atoms with E-state index in [2.05, 4.69) is 0 Å². The molecule has 1 aromatic carbocycles. The number of aliphatic hydroxyl groups excluding tert-OH is 1. The van der Waals surface area contributed by atoms with E-state index in [1.54, 1.807) is 0 Å². The number of carbonyl (C=O) groups is 1. The number of nitrogens with zero attached hydrogens (tertiary/aromatic N) is 1. The van der Waals surface area contributed by atoms with Crippen molar-refractivity contribution in [2.75, 3.05) is 13.1 Å². The molecule has 0 radical (unpaired) electrons. The van der Waals surface area contributed by atoms with Gasteiger partial charge in [-0.3, -0.25) is 4.79 Å². The first kappa shape index (κ1) is 18.0. The summed E-state index contributed by atoms with van der Waals surface area (Å²) in [6.07, 6.45) is 3.58. The van der Waals surface area contributed by atoms with Gasteiger partial charge < -0.3 is 15.7 Å². The molecule has 1 amide bonds. The zero-order valence-corrected chi connectivity index (χ0v) is 14.4. The van der Waals surface area contributed by atoms with Gasteiger partial charge >= 0.3 is 0 Å². The lowest BCUT2D eigenvalue weighted by molar-refractivity contribution is -0.143. The fourth-order valence-corrected chi connectivity index (χ4v) is 3.65. The largest absolute Gasteiger partial charge is 0.388 e. The van der Waals surface area contributed by atoms with Crippen molar-refractivity contribution in [1.82, 2.24) is 4.90 Å². The lowest BCUT2D eigenvalue weighted by Crippen LogP contribution is -2.49. The zero-order valence-electron chi connectivity index (χ0n) is 14.4. The molecule has 3 N–H and O–H groups in total. The van der Waals surface area contributed by atoms with Crippen LogP contribution in [0.1, 0.15) is 57.6 Å². The van der Waals surface area contributed by atoms with Crippen molar-refractivity contribution in [2.45, 2.75) is 58.1 Å². The highest BCUT2D eigenvalue weighted by molar-refractivity contribution is 5.83. The fraction of sp³-hybridized carbons (Fsp3) is 0.632. The van der Waals surface area contributed by atoms with Crippen LogP contribution in [-0.4, -0.2) is 35.0 Å². The second kappa shape index (κ2) is 7.93. The Hall–Kier alpha value is -1.39. The lowest BCUT2D eigenvalue weighted by Gasteiger charge is -2.36. The van der Waals surface area contributed by atoms with Crippen LogP contribution in [0, 0.1) is 5.41 Å². The molecule has 1 fully saturated rings. The molecule has 0 saturated carbocycles. The van der Waals surface area contributed by atoms with E-state index in [9.17, 15) is 9.90 Å². The van der Waals surface area contributed by atoms with E-state index in [1.165, 1.54) is 0 Å². The molecule has 1 saturated heterocycles. The summed E-state index contributed by atoms with van der Waals surface area (Å²) >= 11 is 0. The van der Waals surface area contributed by atoms with Crippen molar-refractivity contribution in [1.29, 1.82) is 0 Å². The van der Waals surface area contributed by atoms with E-state index in [0.717, 1.165) is 37.8 Å². The second-order valence-corrected chi connectivity index (χ2v) is 6.65. The predicted octanol–water partition coefficient (Wildman–Crippen LogP) is 2.87. The molecule has 4 heteroatoms. The van der Waals surface area contributed by atoms with Crippen LogP contribution in [0.2, 0.25) is 0 Å². The summed E-state index contributed by atoms with van der Waals surface area (Å²) in [5.41, 5.74) is 6.41. The van der Waals surface area contributed by atoms with Crippen molar-refractivity contribution in [3.8, 4) is 0 Å². The SMILES string of the molecule is CCC(CC)(CN)C(=O)N1CCCC1CC(O)c1ccccc1. The third-order valence-corrected chi connectivity index (χ3v) is 5.52. The summed E-state index contributed by atoms with van der Waals surface area (Å²) in [5, 5.41) is 10.5. The van der Waals surface area contributed by atoms with Crippen LogP contribution in [0.15, 0.2) is 30.3 Å². The van der Waals surface area contributed by atoms with Crippen molar-refractivity contribution in [3.63, 3.8) is 0 Å². The number of benzene rings is 1. The van der Waals surface area contributed by atoms with Crippen LogP contribution in [0.5, 0.6) is 0 Å². The van der Waals surface area contributed by atoms with Crippen molar-refractivity contribution < 1.29 is 9.90 Å². The first-order valence-electron chi connectivity index (χ1n) is 8.82. The van der Waals surface area contributed by atoms with Gasteiger partial charge in [0.25, 0.3) is 0 Å². The number of rotatable bonds is 7. The maximum Gasteiger partial charge on any atom is 0.230 e. The summed E-state index contributed by atoms with van der Waals surface area (Å²) in [6.45, 7) is 5.26. The van der Waals surface area contributed by atoms with E-state index in [-0.39, 0.29) is 11.9 Å². The van der Waals surface area contributed by atoms with Crippen molar-refractivity contribution in [2.24, 2.45) is 11.1 Å². The van der Waals surface area contributed by atoms with Crippen molar-refractivity contribution in [3.05, 3.63) is 35.9 Å². The normalized spacial score (nSPS) is 19.8. The van der Waals surface area contributed by atoms with Crippen LogP contribution in [0.3, 0.4) is 0 Å². The Labute approximate surface area is 139 Å². The Morgan fingerprint density at radius 1 is 1.35 bits per heavy atom. The standard InChI is InChI=1S/C19H30N2O2/c1-3-19(4-2,14-20)18(23)21-12-8-11-16(21)13-17(22)15-9-6-5-7-10-15/h5-7,9-10,16-17,22H,3-4,8,11-14,20H2,1-2H3. The average molecular weight is 318 g/mol. The Morgan fingerprint density at radius 2 is 2.00 bits per heavy atom. The fourth-order valence-electron chi connectivity index (χ4n) is 3.65. The summed E-state index contributed by atoms with van der Waals surface area (Å²) < 4.78 is 0. The minimum atomic E-state index is -0.523. The van der Waals surface area contributed by atoms with Gasteiger partial charge in [0.05, 0.1) is 11.5 Å². The molecule has 0 aromatic heterocycles. The van der Waals surface area contributed by atoms with Crippen molar-refractivity contribution >= 4 is 5.91 Å². The summed E-state index contributed by atoms with van der Waals surface area (Å²) in [6, 6.07) is 9.80. The molecule has 1 aliphatic heterocycles. The van der Waals surface area contributed by atoms with Crippen LogP contribution >= 0.6 is 0 Å². The van der Waals surface area contributed by atoms with Crippen LogP contribution in [-0.2, 0) is 4.79 Å². The number of amides is 1. The second-order valence-electron chi connectivity index (χ2n) is 6.65. The molecule has 0 spiro atoms. The zero-order chi connectivity index (χ0) is 16.9. The van der Waals surface area contributed by atoms with Gasteiger partial charge in [0.1, 0.15) is 0 Å². The highest BCUT2D eigenvalue weighted by Gasteiger charge is 2.41. The minimum Gasteiger partial charge on any atom is -0.388 e. The molecule has 1 heterocycles. The Balaban J connectivity index is 2.09. The predicted molar refractivity (Wildman–Crippen MR) is 92.8 cm³/mol. The Morgan fingerprint density at radius 3 is 2.57 bits per heavy atom. The van der Waals surface area contributed by atoms with E-state index in [1.807, 2.05) is 49.1 Å². The van der Waals surface area contributed by atoms with Gasteiger partial charge in [0, 0.05) is 19.1 Å². The third-order valence-electron chi connectivity index (χ3n) is 5.52. The quantitative estimate of drug-likeness (QED) is 0.812. The van der Waals surface area contributed by atoms with Crippen LogP contribution < -0.4 is 5.73 Å². The van der Waals surface area contributed by atoms with E-state index in [0.29, 0.717) is 13.0 Å². The molecule has 23 heavy (non-hydrogen) atoms. The highest BCUT2D eigenvalue weighted by Crippen LogP contribution is 2.34. The summed E-state index contributed by atoms with van der Waals surface area (Å²) in [7, 11) is 0. The van der Waals surface area contributed by atoms with Gasteiger partial charge in [0.2, 0.25) is 5.91 Å². The van der Waals surface area contributed by atoms with E-state index < -0.39 is 11.5 Å². The molecule has 0 aliphatic carbocycles. The maximum absolute atomic E-state index is 13.1. The first-order valence-corrected chi connectivity index (χ1v) is 8.82.